The average molecular weight is 234 g/mol. The van der Waals surface area contributed by atoms with E-state index < -0.39 is 5.97 Å². The van der Waals surface area contributed by atoms with Crippen molar-refractivity contribution in [1.82, 2.24) is 0 Å². The van der Waals surface area contributed by atoms with E-state index in [1.165, 1.54) is 0 Å². The van der Waals surface area contributed by atoms with Crippen molar-refractivity contribution in [2.45, 2.75) is 32.3 Å². The molecule has 0 spiro atoms. The summed E-state index contributed by atoms with van der Waals surface area (Å²) in [6.45, 7) is 2.56. The van der Waals surface area contributed by atoms with Gasteiger partial charge in [0.25, 0.3) is 0 Å². The lowest BCUT2D eigenvalue weighted by molar-refractivity contribution is -0.139. The molecule has 0 aliphatic heterocycles. The van der Waals surface area contributed by atoms with Gasteiger partial charge >= 0.3 is 5.97 Å². The Morgan fingerprint density at radius 1 is 1.41 bits per heavy atom. The fraction of sp³-hybridized carbons (Fsp3) is 0.500. The molecule has 0 saturated heterocycles. The van der Waals surface area contributed by atoms with Gasteiger partial charge in [0.05, 0.1) is 19.1 Å². The third kappa shape index (κ3) is 3.30. The lowest BCUT2D eigenvalue weighted by Gasteiger charge is -2.18. The van der Waals surface area contributed by atoms with Crippen LogP contribution < -0.4 is 0 Å². The molecule has 1 fully saturated rings. The van der Waals surface area contributed by atoms with Crippen molar-refractivity contribution in [2.24, 2.45) is 5.41 Å². The summed E-state index contributed by atoms with van der Waals surface area (Å²) in [5, 5.41) is 8.82. The van der Waals surface area contributed by atoms with Crippen LogP contribution >= 0.6 is 0 Å². The summed E-state index contributed by atoms with van der Waals surface area (Å²) in [5.74, 6) is -0.724. The second-order valence-electron chi connectivity index (χ2n) is 4.93. The lowest BCUT2D eigenvalue weighted by atomic mass is 10.0. The van der Waals surface area contributed by atoms with Gasteiger partial charge in [-0.15, -0.1) is 0 Å². The molecular formula is C14H18O3. The van der Waals surface area contributed by atoms with Crippen molar-refractivity contribution >= 4 is 5.97 Å². The monoisotopic (exact) mass is 234 g/mol. The van der Waals surface area contributed by atoms with Crippen LogP contribution in [0.3, 0.4) is 0 Å². The average Bonchev–Trinajstić information content (AvgIpc) is 3.06. The summed E-state index contributed by atoms with van der Waals surface area (Å²) in [6.07, 6.45) is 2.21. The Balaban J connectivity index is 1.84. The van der Waals surface area contributed by atoms with E-state index in [9.17, 15) is 4.79 Å². The van der Waals surface area contributed by atoms with Gasteiger partial charge in [-0.25, -0.2) is 0 Å². The standard InChI is InChI=1S/C14H18O3/c1-11(12-5-3-2-4-6-12)17-10-14(7-8-14)9-13(15)16/h2-6,11H,7-10H2,1H3,(H,15,16). The highest BCUT2D eigenvalue weighted by atomic mass is 16.5. The summed E-state index contributed by atoms with van der Waals surface area (Å²) in [7, 11) is 0. The van der Waals surface area contributed by atoms with Crippen molar-refractivity contribution in [3.63, 3.8) is 0 Å². The molecule has 1 N–H and O–H groups in total. The predicted octanol–water partition coefficient (Wildman–Crippen LogP) is 3.02. The SMILES string of the molecule is CC(OCC1(CC(=O)O)CC1)c1ccccc1. The number of hydrogen-bond donors (Lipinski definition) is 1. The largest absolute Gasteiger partial charge is 0.481 e. The lowest BCUT2D eigenvalue weighted by Crippen LogP contribution is -2.16. The van der Waals surface area contributed by atoms with Crippen LogP contribution in [0.4, 0.5) is 0 Å². The minimum Gasteiger partial charge on any atom is -0.481 e. The zero-order valence-corrected chi connectivity index (χ0v) is 10.1. The number of carboxylic acid groups (broad SMARTS) is 1. The van der Waals surface area contributed by atoms with Gasteiger partial charge in [0, 0.05) is 5.41 Å². The number of carbonyl (C=O) groups is 1. The van der Waals surface area contributed by atoms with Gasteiger partial charge in [0.15, 0.2) is 0 Å². The number of carboxylic acids is 1. The fourth-order valence-electron chi connectivity index (χ4n) is 1.99. The molecule has 1 aromatic carbocycles. The first-order valence-electron chi connectivity index (χ1n) is 6.00. The molecule has 1 aromatic rings. The van der Waals surface area contributed by atoms with E-state index >= 15 is 0 Å². The van der Waals surface area contributed by atoms with Crippen LogP contribution in [0, 0.1) is 5.41 Å². The molecule has 3 heteroatoms. The Morgan fingerprint density at radius 3 is 2.59 bits per heavy atom. The number of aliphatic carboxylic acids is 1. The summed E-state index contributed by atoms with van der Waals surface area (Å²) in [5.41, 5.74) is 1.05. The number of benzene rings is 1. The predicted molar refractivity (Wildman–Crippen MR) is 64.7 cm³/mol. The maximum Gasteiger partial charge on any atom is 0.303 e. The fourth-order valence-corrected chi connectivity index (χ4v) is 1.99. The van der Waals surface area contributed by atoms with Crippen LogP contribution in [0.5, 0.6) is 0 Å². The summed E-state index contributed by atoms with van der Waals surface area (Å²) in [4.78, 5) is 10.7. The van der Waals surface area contributed by atoms with E-state index in [-0.39, 0.29) is 17.9 Å². The Kier molecular flexibility index (Phi) is 3.48. The van der Waals surface area contributed by atoms with E-state index in [2.05, 4.69) is 0 Å². The van der Waals surface area contributed by atoms with E-state index in [0.29, 0.717) is 6.61 Å². The van der Waals surface area contributed by atoms with Crippen LogP contribution in [0.25, 0.3) is 0 Å². The van der Waals surface area contributed by atoms with Crippen LogP contribution in [-0.4, -0.2) is 17.7 Å². The minimum atomic E-state index is -0.724. The Bertz CT molecular complexity index is 382. The molecule has 0 amide bonds. The van der Waals surface area contributed by atoms with Crippen LogP contribution in [0.2, 0.25) is 0 Å². The van der Waals surface area contributed by atoms with Gasteiger partial charge in [-0.3, -0.25) is 4.79 Å². The first-order valence-corrected chi connectivity index (χ1v) is 6.00. The second kappa shape index (κ2) is 4.88. The second-order valence-corrected chi connectivity index (χ2v) is 4.93. The zero-order chi connectivity index (χ0) is 12.3. The Morgan fingerprint density at radius 2 is 2.06 bits per heavy atom. The molecule has 1 saturated carbocycles. The molecular weight excluding hydrogens is 216 g/mol. The topological polar surface area (TPSA) is 46.5 Å². The molecule has 2 rings (SSSR count). The van der Waals surface area contributed by atoms with Crippen LogP contribution in [-0.2, 0) is 9.53 Å². The maximum absolute atomic E-state index is 10.7. The van der Waals surface area contributed by atoms with Crippen LogP contribution in [0.15, 0.2) is 30.3 Å². The van der Waals surface area contributed by atoms with Gasteiger partial charge in [0.1, 0.15) is 0 Å². The van der Waals surface area contributed by atoms with Crippen molar-refractivity contribution in [2.75, 3.05) is 6.61 Å². The molecule has 3 nitrogen and oxygen atoms in total. The zero-order valence-electron chi connectivity index (χ0n) is 10.1. The van der Waals surface area contributed by atoms with Gasteiger partial charge in [-0.05, 0) is 25.3 Å². The van der Waals surface area contributed by atoms with Crippen molar-refractivity contribution < 1.29 is 14.6 Å². The molecule has 17 heavy (non-hydrogen) atoms. The first-order chi connectivity index (χ1) is 8.11. The number of rotatable bonds is 6. The quantitative estimate of drug-likeness (QED) is 0.823. The first kappa shape index (κ1) is 12.1. The van der Waals surface area contributed by atoms with E-state index in [1.807, 2.05) is 37.3 Å². The minimum absolute atomic E-state index is 0.0301. The molecule has 1 atom stereocenters. The molecule has 1 aliphatic carbocycles. The summed E-state index contributed by atoms with van der Waals surface area (Å²) >= 11 is 0. The van der Waals surface area contributed by atoms with Gasteiger partial charge in [-0.1, -0.05) is 30.3 Å². The number of ether oxygens (including phenoxy) is 1. The Hall–Kier alpha value is -1.35. The molecule has 1 aliphatic rings. The van der Waals surface area contributed by atoms with Crippen LogP contribution in [0.1, 0.15) is 37.9 Å². The van der Waals surface area contributed by atoms with Crippen molar-refractivity contribution in [3.8, 4) is 0 Å². The summed E-state index contributed by atoms with van der Waals surface area (Å²) < 4.78 is 5.79. The van der Waals surface area contributed by atoms with Gasteiger partial charge in [0.2, 0.25) is 0 Å². The highest BCUT2D eigenvalue weighted by Crippen LogP contribution is 2.49. The number of hydrogen-bond acceptors (Lipinski definition) is 2. The molecule has 0 heterocycles. The van der Waals surface area contributed by atoms with Crippen molar-refractivity contribution in [3.05, 3.63) is 35.9 Å². The normalized spacial score (nSPS) is 18.6. The molecule has 1 unspecified atom stereocenters. The Labute approximate surface area is 101 Å². The highest BCUT2D eigenvalue weighted by Gasteiger charge is 2.45. The third-order valence-electron chi connectivity index (χ3n) is 3.39. The smallest absolute Gasteiger partial charge is 0.303 e. The third-order valence-corrected chi connectivity index (χ3v) is 3.39. The van der Waals surface area contributed by atoms with Gasteiger partial charge in [-0.2, -0.15) is 0 Å². The molecule has 0 aromatic heterocycles. The van der Waals surface area contributed by atoms with Gasteiger partial charge < -0.3 is 9.84 Å². The van der Waals surface area contributed by atoms with E-state index in [4.69, 9.17) is 9.84 Å². The maximum atomic E-state index is 10.7. The van der Waals surface area contributed by atoms with E-state index in [1.54, 1.807) is 0 Å². The molecule has 0 radical (unpaired) electrons. The summed E-state index contributed by atoms with van der Waals surface area (Å²) in [6, 6.07) is 10.0. The van der Waals surface area contributed by atoms with E-state index in [0.717, 1.165) is 18.4 Å². The molecule has 0 bridgehead atoms. The highest BCUT2D eigenvalue weighted by molar-refractivity contribution is 5.68. The molecule has 92 valence electrons. The van der Waals surface area contributed by atoms with Crippen molar-refractivity contribution in [1.29, 1.82) is 0 Å².